The van der Waals surface area contributed by atoms with E-state index in [9.17, 15) is 13.2 Å². The van der Waals surface area contributed by atoms with E-state index < -0.39 is 11.7 Å². The van der Waals surface area contributed by atoms with Gasteiger partial charge in [-0.15, -0.1) is 0 Å². The van der Waals surface area contributed by atoms with Gasteiger partial charge in [0.05, 0.1) is 5.56 Å². The Labute approximate surface area is 117 Å². The molecule has 1 fully saturated rings. The molecule has 0 spiro atoms. The van der Waals surface area contributed by atoms with Gasteiger partial charge in [-0.1, -0.05) is 19.1 Å². The van der Waals surface area contributed by atoms with E-state index in [4.69, 9.17) is 5.73 Å². The van der Waals surface area contributed by atoms with E-state index in [1.165, 1.54) is 0 Å². The Hall–Kier alpha value is -1.07. The van der Waals surface area contributed by atoms with Crippen LogP contribution in [0.5, 0.6) is 0 Å². The molecule has 0 radical (unpaired) electrons. The third-order valence-corrected chi connectivity index (χ3v) is 4.08. The number of alkyl halides is 3. The molecule has 1 aliphatic rings. The molecule has 2 rings (SSSR count). The summed E-state index contributed by atoms with van der Waals surface area (Å²) in [6, 6.07) is 5.80. The molecule has 2 N–H and O–H groups in total. The number of rotatable bonds is 3. The summed E-state index contributed by atoms with van der Waals surface area (Å²) in [5.41, 5.74) is 6.10. The first-order valence-electron chi connectivity index (χ1n) is 6.96. The Balaban J connectivity index is 2.20. The van der Waals surface area contributed by atoms with Gasteiger partial charge in [0, 0.05) is 25.2 Å². The molecule has 0 saturated carbocycles. The number of nitrogens with zero attached hydrogens (tertiary/aromatic N) is 1. The molecule has 1 saturated heterocycles. The highest BCUT2D eigenvalue weighted by Gasteiger charge is 2.33. The van der Waals surface area contributed by atoms with Crippen LogP contribution in [0.3, 0.4) is 0 Å². The summed E-state index contributed by atoms with van der Waals surface area (Å²) in [6.07, 6.45) is -3.18. The average molecular weight is 286 g/mol. The van der Waals surface area contributed by atoms with Crippen molar-refractivity contribution in [2.24, 2.45) is 11.7 Å². The lowest BCUT2D eigenvalue weighted by atomic mass is 10.0. The second-order valence-corrected chi connectivity index (χ2v) is 5.76. The maximum absolute atomic E-state index is 12.6. The molecule has 3 atom stereocenters. The second kappa shape index (κ2) is 5.74. The molecule has 2 nitrogen and oxygen atoms in total. The summed E-state index contributed by atoms with van der Waals surface area (Å²) >= 11 is 0. The number of nitrogens with two attached hydrogens (primary N) is 1. The summed E-state index contributed by atoms with van der Waals surface area (Å²) in [7, 11) is 0. The molecule has 5 heteroatoms. The summed E-state index contributed by atoms with van der Waals surface area (Å²) in [5, 5.41) is 0. The first kappa shape index (κ1) is 15.3. The average Bonchev–Trinajstić information content (AvgIpc) is 2.69. The lowest BCUT2D eigenvalue weighted by Gasteiger charge is -2.31. The van der Waals surface area contributed by atoms with Crippen LogP contribution in [0.2, 0.25) is 0 Å². The van der Waals surface area contributed by atoms with Crippen molar-refractivity contribution in [1.29, 1.82) is 0 Å². The van der Waals surface area contributed by atoms with Crippen molar-refractivity contribution in [3.63, 3.8) is 0 Å². The summed E-state index contributed by atoms with van der Waals surface area (Å²) in [5.74, 6) is 0.605. The number of hydrogen-bond donors (Lipinski definition) is 1. The predicted octanol–water partition coefficient (Wildman–Crippen LogP) is 3.44. The third-order valence-electron chi connectivity index (χ3n) is 4.08. The molecule has 0 aromatic heterocycles. The quantitative estimate of drug-likeness (QED) is 0.922. The van der Waals surface area contributed by atoms with Crippen LogP contribution in [0.25, 0.3) is 0 Å². The van der Waals surface area contributed by atoms with Gasteiger partial charge in [0.1, 0.15) is 0 Å². The second-order valence-electron chi connectivity index (χ2n) is 5.76. The molecule has 112 valence electrons. The molecule has 1 aromatic rings. The molecular weight excluding hydrogens is 265 g/mol. The van der Waals surface area contributed by atoms with Crippen LogP contribution in [0, 0.1) is 5.92 Å². The largest absolute Gasteiger partial charge is 0.416 e. The van der Waals surface area contributed by atoms with E-state index >= 15 is 0 Å². The van der Waals surface area contributed by atoms with E-state index in [0.717, 1.165) is 30.7 Å². The van der Waals surface area contributed by atoms with Gasteiger partial charge in [-0.05, 0) is 37.0 Å². The van der Waals surface area contributed by atoms with Crippen LogP contribution in [0.1, 0.15) is 37.4 Å². The molecule has 20 heavy (non-hydrogen) atoms. The monoisotopic (exact) mass is 286 g/mol. The van der Waals surface area contributed by atoms with Crippen LogP contribution >= 0.6 is 0 Å². The van der Waals surface area contributed by atoms with Crippen molar-refractivity contribution >= 4 is 0 Å². The Bertz CT molecular complexity index is 441. The molecule has 1 aliphatic heterocycles. The fraction of sp³-hybridized carbons (Fsp3) is 0.600. The molecule has 0 bridgehead atoms. The predicted molar refractivity (Wildman–Crippen MR) is 73.2 cm³/mol. The van der Waals surface area contributed by atoms with E-state index in [1.54, 1.807) is 12.1 Å². The van der Waals surface area contributed by atoms with Gasteiger partial charge in [0.2, 0.25) is 0 Å². The van der Waals surface area contributed by atoms with Crippen molar-refractivity contribution in [2.75, 3.05) is 13.1 Å². The minimum absolute atomic E-state index is 0.00256. The zero-order valence-electron chi connectivity index (χ0n) is 11.8. The standard InChI is InChI=1S/C15H21F3N2/c1-10-7-11(2)20(9-10)14(8-19)12-3-5-13(6-4-12)15(16,17)18/h3-6,10-11,14H,7-9,19H2,1-2H3. The summed E-state index contributed by atoms with van der Waals surface area (Å²) < 4.78 is 37.7. The van der Waals surface area contributed by atoms with Gasteiger partial charge in [0.15, 0.2) is 0 Å². The smallest absolute Gasteiger partial charge is 0.329 e. The maximum atomic E-state index is 12.6. The number of hydrogen-bond acceptors (Lipinski definition) is 2. The first-order chi connectivity index (χ1) is 9.32. The highest BCUT2D eigenvalue weighted by molar-refractivity contribution is 5.27. The summed E-state index contributed by atoms with van der Waals surface area (Å²) in [4.78, 5) is 2.30. The van der Waals surface area contributed by atoms with Crippen LogP contribution in [0.15, 0.2) is 24.3 Å². The van der Waals surface area contributed by atoms with Crippen LogP contribution in [-0.4, -0.2) is 24.0 Å². The topological polar surface area (TPSA) is 29.3 Å². The van der Waals surface area contributed by atoms with Gasteiger partial charge in [-0.2, -0.15) is 13.2 Å². The molecule has 0 aliphatic carbocycles. The lowest BCUT2D eigenvalue weighted by molar-refractivity contribution is -0.137. The highest BCUT2D eigenvalue weighted by Crippen LogP contribution is 2.34. The van der Waals surface area contributed by atoms with Gasteiger partial charge in [0.25, 0.3) is 0 Å². The Morgan fingerprint density at radius 3 is 2.25 bits per heavy atom. The van der Waals surface area contributed by atoms with Crippen molar-refractivity contribution < 1.29 is 13.2 Å². The molecule has 3 unspecified atom stereocenters. The molecular formula is C15H21F3N2. The molecule has 1 heterocycles. The SMILES string of the molecule is CC1CC(C)N(C(CN)c2ccc(C(F)(F)F)cc2)C1. The first-order valence-corrected chi connectivity index (χ1v) is 6.96. The normalized spacial score (nSPS) is 25.9. The minimum atomic E-state index is -4.29. The van der Waals surface area contributed by atoms with Crippen LogP contribution < -0.4 is 5.73 Å². The van der Waals surface area contributed by atoms with Crippen LogP contribution in [-0.2, 0) is 6.18 Å². The van der Waals surface area contributed by atoms with E-state index in [1.807, 2.05) is 0 Å². The highest BCUT2D eigenvalue weighted by atomic mass is 19.4. The molecule has 0 amide bonds. The van der Waals surface area contributed by atoms with Crippen LogP contribution in [0.4, 0.5) is 13.2 Å². The minimum Gasteiger partial charge on any atom is -0.329 e. The van der Waals surface area contributed by atoms with E-state index in [2.05, 4.69) is 18.7 Å². The Morgan fingerprint density at radius 1 is 1.25 bits per heavy atom. The fourth-order valence-electron chi connectivity index (χ4n) is 3.12. The summed E-state index contributed by atoms with van der Waals surface area (Å²) in [6.45, 7) is 5.71. The van der Waals surface area contributed by atoms with Crippen molar-refractivity contribution in [3.8, 4) is 0 Å². The van der Waals surface area contributed by atoms with Gasteiger partial charge < -0.3 is 5.73 Å². The maximum Gasteiger partial charge on any atom is 0.416 e. The zero-order chi connectivity index (χ0) is 14.9. The number of likely N-dealkylation sites (tertiary alicyclic amines) is 1. The lowest BCUT2D eigenvalue weighted by Crippen LogP contribution is -2.36. The fourth-order valence-corrected chi connectivity index (χ4v) is 3.12. The Morgan fingerprint density at radius 2 is 1.85 bits per heavy atom. The van der Waals surface area contributed by atoms with Gasteiger partial charge >= 0.3 is 6.18 Å². The third kappa shape index (κ3) is 3.15. The number of benzene rings is 1. The Kier molecular flexibility index (Phi) is 4.39. The van der Waals surface area contributed by atoms with Gasteiger partial charge in [-0.25, -0.2) is 0 Å². The van der Waals surface area contributed by atoms with E-state index in [-0.39, 0.29) is 6.04 Å². The van der Waals surface area contributed by atoms with Crippen molar-refractivity contribution in [2.45, 2.75) is 38.5 Å². The van der Waals surface area contributed by atoms with Crippen molar-refractivity contribution in [3.05, 3.63) is 35.4 Å². The zero-order valence-corrected chi connectivity index (χ0v) is 11.8. The molecule has 1 aromatic carbocycles. The number of halogens is 3. The van der Waals surface area contributed by atoms with Crippen molar-refractivity contribution in [1.82, 2.24) is 4.90 Å². The van der Waals surface area contributed by atoms with Gasteiger partial charge in [-0.3, -0.25) is 4.90 Å². The van der Waals surface area contributed by atoms with E-state index in [0.29, 0.717) is 18.5 Å².